The molecule has 0 saturated carbocycles. The molecule has 0 fully saturated rings. The van der Waals surface area contributed by atoms with Crippen molar-refractivity contribution in [2.24, 2.45) is 0 Å². The van der Waals surface area contributed by atoms with Gasteiger partial charge in [0.1, 0.15) is 11.4 Å². The second-order valence-corrected chi connectivity index (χ2v) is 4.12. The van der Waals surface area contributed by atoms with E-state index in [1.54, 1.807) is 18.2 Å². The van der Waals surface area contributed by atoms with Crippen LogP contribution in [0.1, 0.15) is 20.8 Å². The molecule has 16 heavy (non-hydrogen) atoms. The van der Waals surface area contributed by atoms with Gasteiger partial charge in [-0.1, -0.05) is 6.58 Å². The Kier molecular flexibility index (Phi) is 3.72. The predicted octanol–water partition coefficient (Wildman–Crippen LogP) is 2.99. The summed E-state index contributed by atoms with van der Waals surface area (Å²) >= 11 is 0. The zero-order valence-electron chi connectivity index (χ0n) is 9.91. The highest BCUT2D eigenvalue weighted by atomic mass is 16.5. The van der Waals surface area contributed by atoms with Crippen molar-refractivity contribution >= 4 is 11.6 Å². The molecule has 0 aliphatic rings. The van der Waals surface area contributed by atoms with Crippen LogP contribution in [0.4, 0.5) is 5.69 Å². The van der Waals surface area contributed by atoms with E-state index in [0.717, 1.165) is 11.4 Å². The molecule has 0 spiro atoms. The largest absolute Gasteiger partial charge is 0.484 e. The molecule has 3 nitrogen and oxygen atoms in total. The smallest absolute Gasteiger partial charge is 0.221 e. The molecule has 86 valence electrons. The summed E-state index contributed by atoms with van der Waals surface area (Å²) in [5.41, 5.74) is 0.367. The molecule has 0 unspecified atom stereocenters. The summed E-state index contributed by atoms with van der Waals surface area (Å²) in [5.74, 6) is 0.666. The molecule has 1 rings (SSSR count). The standard InChI is InChI=1S/C13H17NO2/c1-5-13(3,4)16-12-8-6-11(7-9-12)14-10(2)15/h5-9H,1H2,2-4H3,(H,14,15). The maximum Gasteiger partial charge on any atom is 0.221 e. The first-order valence-corrected chi connectivity index (χ1v) is 5.13. The van der Waals surface area contributed by atoms with Gasteiger partial charge in [-0.05, 0) is 44.2 Å². The summed E-state index contributed by atoms with van der Waals surface area (Å²) in [4.78, 5) is 10.8. The van der Waals surface area contributed by atoms with Crippen LogP contribution in [-0.4, -0.2) is 11.5 Å². The molecule has 0 aliphatic carbocycles. The number of hydrogen-bond donors (Lipinski definition) is 1. The van der Waals surface area contributed by atoms with Gasteiger partial charge in [-0.15, -0.1) is 0 Å². The highest BCUT2D eigenvalue weighted by molar-refractivity contribution is 5.88. The van der Waals surface area contributed by atoms with E-state index in [0.29, 0.717) is 0 Å². The molecular weight excluding hydrogens is 202 g/mol. The van der Waals surface area contributed by atoms with Crippen molar-refractivity contribution in [1.82, 2.24) is 0 Å². The lowest BCUT2D eigenvalue weighted by molar-refractivity contribution is -0.114. The Hall–Kier alpha value is -1.77. The summed E-state index contributed by atoms with van der Waals surface area (Å²) in [6.07, 6.45) is 1.74. The van der Waals surface area contributed by atoms with Gasteiger partial charge in [0.05, 0.1) is 0 Å². The fourth-order valence-electron chi connectivity index (χ4n) is 1.15. The SMILES string of the molecule is C=CC(C)(C)Oc1ccc(NC(C)=O)cc1. The van der Waals surface area contributed by atoms with Crippen LogP contribution in [0.3, 0.4) is 0 Å². The lowest BCUT2D eigenvalue weighted by Gasteiger charge is -2.22. The van der Waals surface area contributed by atoms with Crippen LogP contribution in [-0.2, 0) is 4.79 Å². The molecule has 3 heteroatoms. The van der Waals surface area contributed by atoms with E-state index in [9.17, 15) is 4.79 Å². The van der Waals surface area contributed by atoms with Gasteiger partial charge < -0.3 is 10.1 Å². The number of benzene rings is 1. The van der Waals surface area contributed by atoms with Gasteiger partial charge in [0.2, 0.25) is 5.91 Å². The second kappa shape index (κ2) is 4.84. The van der Waals surface area contributed by atoms with Gasteiger partial charge in [-0.3, -0.25) is 4.79 Å². The summed E-state index contributed by atoms with van der Waals surface area (Å²) < 4.78 is 5.68. The maximum absolute atomic E-state index is 10.8. The third-order valence-electron chi connectivity index (χ3n) is 2.05. The summed E-state index contributed by atoms with van der Waals surface area (Å²) in [6.45, 7) is 9.05. The monoisotopic (exact) mass is 219 g/mol. The molecule has 1 aromatic carbocycles. The number of nitrogens with one attached hydrogen (secondary N) is 1. The zero-order chi connectivity index (χ0) is 12.2. The Labute approximate surface area is 96.1 Å². The van der Waals surface area contributed by atoms with Gasteiger partial charge in [0.15, 0.2) is 0 Å². The highest BCUT2D eigenvalue weighted by Crippen LogP contribution is 2.21. The Morgan fingerprint density at radius 2 is 1.94 bits per heavy atom. The fourth-order valence-corrected chi connectivity index (χ4v) is 1.15. The molecule has 0 aliphatic heterocycles. The van der Waals surface area contributed by atoms with E-state index in [1.165, 1.54) is 6.92 Å². The quantitative estimate of drug-likeness (QED) is 0.790. The van der Waals surface area contributed by atoms with Crippen molar-refractivity contribution in [1.29, 1.82) is 0 Å². The van der Waals surface area contributed by atoms with Crippen LogP contribution in [0, 0.1) is 0 Å². The third kappa shape index (κ3) is 3.77. The Bertz CT molecular complexity index is 379. The highest BCUT2D eigenvalue weighted by Gasteiger charge is 2.14. The third-order valence-corrected chi connectivity index (χ3v) is 2.05. The van der Waals surface area contributed by atoms with Crippen molar-refractivity contribution in [3.05, 3.63) is 36.9 Å². The lowest BCUT2D eigenvalue weighted by atomic mass is 10.1. The molecule has 1 N–H and O–H groups in total. The van der Waals surface area contributed by atoms with Gasteiger partial charge in [0.25, 0.3) is 0 Å². The molecule has 0 aromatic heterocycles. The number of hydrogen-bond acceptors (Lipinski definition) is 2. The van der Waals surface area contributed by atoms with Crippen LogP contribution >= 0.6 is 0 Å². The average molecular weight is 219 g/mol. The normalized spacial score (nSPS) is 10.7. The van der Waals surface area contributed by atoms with Crippen LogP contribution in [0.15, 0.2) is 36.9 Å². The minimum absolute atomic E-state index is 0.0833. The summed E-state index contributed by atoms with van der Waals surface area (Å²) in [7, 11) is 0. The number of carbonyl (C=O) groups excluding carboxylic acids is 1. The van der Waals surface area contributed by atoms with Crippen LogP contribution in [0.2, 0.25) is 0 Å². The fraction of sp³-hybridized carbons (Fsp3) is 0.308. The first-order valence-electron chi connectivity index (χ1n) is 5.13. The molecule has 1 amide bonds. The van der Waals surface area contributed by atoms with E-state index in [1.807, 2.05) is 26.0 Å². The molecule has 0 atom stereocenters. The topological polar surface area (TPSA) is 38.3 Å². The second-order valence-electron chi connectivity index (χ2n) is 4.12. The van der Waals surface area contributed by atoms with Crippen LogP contribution in [0.25, 0.3) is 0 Å². The Morgan fingerprint density at radius 3 is 2.38 bits per heavy atom. The Morgan fingerprint density at radius 1 is 1.38 bits per heavy atom. The zero-order valence-corrected chi connectivity index (χ0v) is 9.91. The number of ether oxygens (including phenoxy) is 1. The minimum atomic E-state index is -0.393. The summed E-state index contributed by atoms with van der Waals surface area (Å²) in [5, 5.41) is 2.69. The van der Waals surface area contributed by atoms with Crippen LogP contribution < -0.4 is 10.1 Å². The lowest BCUT2D eigenvalue weighted by Crippen LogP contribution is -2.24. The van der Waals surface area contributed by atoms with Crippen molar-refractivity contribution < 1.29 is 9.53 Å². The van der Waals surface area contributed by atoms with E-state index in [4.69, 9.17) is 4.74 Å². The van der Waals surface area contributed by atoms with E-state index in [-0.39, 0.29) is 5.91 Å². The van der Waals surface area contributed by atoms with Crippen molar-refractivity contribution in [3.8, 4) is 5.75 Å². The number of rotatable bonds is 4. The van der Waals surface area contributed by atoms with E-state index >= 15 is 0 Å². The first-order chi connectivity index (χ1) is 7.43. The average Bonchev–Trinajstić information content (AvgIpc) is 2.20. The molecular formula is C13H17NO2. The van der Waals surface area contributed by atoms with Gasteiger partial charge >= 0.3 is 0 Å². The molecule has 0 saturated heterocycles. The Balaban J connectivity index is 2.71. The minimum Gasteiger partial charge on any atom is -0.484 e. The first kappa shape index (κ1) is 12.3. The van der Waals surface area contributed by atoms with E-state index in [2.05, 4.69) is 11.9 Å². The van der Waals surface area contributed by atoms with Gasteiger partial charge in [-0.2, -0.15) is 0 Å². The molecule has 1 aromatic rings. The number of anilines is 1. The molecule has 0 radical (unpaired) electrons. The number of carbonyl (C=O) groups is 1. The predicted molar refractivity (Wildman–Crippen MR) is 65.6 cm³/mol. The number of amides is 1. The van der Waals surface area contributed by atoms with Gasteiger partial charge in [0, 0.05) is 12.6 Å². The van der Waals surface area contributed by atoms with Gasteiger partial charge in [-0.25, -0.2) is 0 Å². The van der Waals surface area contributed by atoms with E-state index < -0.39 is 5.60 Å². The summed E-state index contributed by atoms with van der Waals surface area (Å²) in [6, 6.07) is 7.23. The molecule has 0 bridgehead atoms. The maximum atomic E-state index is 10.8. The van der Waals surface area contributed by atoms with Crippen molar-refractivity contribution in [2.75, 3.05) is 5.32 Å². The van der Waals surface area contributed by atoms with Crippen molar-refractivity contribution in [3.63, 3.8) is 0 Å². The molecule has 0 heterocycles. The van der Waals surface area contributed by atoms with Crippen LogP contribution in [0.5, 0.6) is 5.75 Å². The van der Waals surface area contributed by atoms with Crippen molar-refractivity contribution in [2.45, 2.75) is 26.4 Å².